The van der Waals surface area contributed by atoms with Crippen molar-refractivity contribution in [2.75, 3.05) is 31.6 Å². The Morgan fingerprint density at radius 1 is 1.27 bits per heavy atom. The van der Waals surface area contributed by atoms with Gasteiger partial charge in [-0.25, -0.2) is 0 Å². The number of nitrogens with two attached hydrogens (primary N) is 1. The first kappa shape index (κ1) is 20.0. The first-order valence-corrected chi connectivity index (χ1v) is 8.15. The van der Waals surface area contributed by atoms with Crippen molar-refractivity contribution in [3.05, 3.63) is 53.0 Å². The minimum atomic E-state index is -0.303. The Morgan fingerprint density at radius 2 is 2.00 bits per heavy atom. The van der Waals surface area contributed by atoms with Crippen molar-refractivity contribution in [1.82, 2.24) is 4.90 Å². The van der Waals surface area contributed by atoms with Crippen LogP contribution >= 0.6 is 12.4 Å². The van der Waals surface area contributed by atoms with Gasteiger partial charge in [-0.05, 0) is 30.7 Å². The standard InChI is InChI=1S/C18H21N3O4.ClH/c1-12-15(18(23)21-5-7-24-8-6-21)3-2-4-16(12)20-17(22)13-9-14(10-19)25-11-13;/h2-4,9,11H,5-8,10,19H2,1H3,(H,20,22);1H. The number of halogens is 1. The van der Waals surface area contributed by atoms with Crippen LogP contribution in [0.1, 0.15) is 32.0 Å². The monoisotopic (exact) mass is 379 g/mol. The van der Waals surface area contributed by atoms with Crippen LogP contribution in [0.2, 0.25) is 0 Å². The molecule has 1 aromatic carbocycles. The molecule has 0 saturated carbocycles. The molecule has 0 spiro atoms. The van der Waals surface area contributed by atoms with Gasteiger partial charge in [-0.1, -0.05) is 6.07 Å². The van der Waals surface area contributed by atoms with Gasteiger partial charge in [0.15, 0.2) is 0 Å². The molecule has 140 valence electrons. The zero-order valence-electron chi connectivity index (χ0n) is 14.5. The number of ether oxygens (including phenoxy) is 1. The van der Waals surface area contributed by atoms with Gasteiger partial charge in [0.2, 0.25) is 0 Å². The number of rotatable bonds is 4. The largest absolute Gasteiger partial charge is 0.467 e. The van der Waals surface area contributed by atoms with Crippen LogP contribution < -0.4 is 11.1 Å². The molecule has 2 heterocycles. The highest BCUT2D eigenvalue weighted by Gasteiger charge is 2.21. The summed E-state index contributed by atoms with van der Waals surface area (Å²) in [6.45, 7) is 4.30. The average Bonchev–Trinajstić information content (AvgIpc) is 3.13. The fourth-order valence-corrected chi connectivity index (χ4v) is 2.74. The lowest BCUT2D eigenvalue weighted by Crippen LogP contribution is -2.41. The summed E-state index contributed by atoms with van der Waals surface area (Å²) in [6, 6.07) is 6.91. The lowest BCUT2D eigenvalue weighted by molar-refractivity contribution is 0.0302. The molecule has 8 heteroatoms. The second-order valence-electron chi connectivity index (χ2n) is 5.84. The molecule has 26 heavy (non-hydrogen) atoms. The SMILES string of the molecule is Cc1c(NC(=O)c2coc(CN)c2)cccc1C(=O)N1CCOCC1.Cl. The van der Waals surface area contributed by atoms with E-state index < -0.39 is 0 Å². The highest BCUT2D eigenvalue weighted by atomic mass is 35.5. The van der Waals surface area contributed by atoms with Gasteiger partial charge < -0.3 is 25.1 Å². The van der Waals surface area contributed by atoms with Crippen molar-refractivity contribution < 1.29 is 18.7 Å². The molecule has 2 aromatic rings. The highest BCUT2D eigenvalue weighted by molar-refractivity contribution is 6.06. The van der Waals surface area contributed by atoms with Crippen LogP contribution in [-0.2, 0) is 11.3 Å². The van der Waals surface area contributed by atoms with E-state index in [1.807, 2.05) is 6.92 Å². The maximum absolute atomic E-state index is 12.7. The molecule has 1 aliphatic rings. The number of anilines is 1. The molecule has 3 rings (SSSR count). The Morgan fingerprint density at radius 3 is 2.65 bits per heavy atom. The summed E-state index contributed by atoms with van der Waals surface area (Å²) in [5.41, 5.74) is 7.79. The number of nitrogens with zero attached hydrogens (tertiary/aromatic N) is 1. The van der Waals surface area contributed by atoms with Gasteiger partial charge in [0.1, 0.15) is 12.0 Å². The summed E-state index contributed by atoms with van der Waals surface area (Å²) in [7, 11) is 0. The normalized spacial score (nSPS) is 13.8. The predicted octanol–water partition coefficient (Wildman–Crippen LogP) is 2.19. The Kier molecular flexibility index (Phi) is 6.79. The topological polar surface area (TPSA) is 97.8 Å². The first-order chi connectivity index (χ1) is 12.1. The molecule has 0 aliphatic carbocycles. The molecule has 2 amide bonds. The van der Waals surface area contributed by atoms with E-state index in [-0.39, 0.29) is 30.8 Å². The van der Waals surface area contributed by atoms with Crippen LogP contribution in [0.3, 0.4) is 0 Å². The van der Waals surface area contributed by atoms with Crippen LogP contribution in [-0.4, -0.2) is 43.0 Å². The minimum Gasteiger partial charge on any atom is -0.467 e. The van der Waals surface area contributed by atoms with Gasteiger partial charge in [0, 0.05) is 24.3 Å². The van der Waals surface area contributed by atoms with E-state index in [0.717, 1.165) is 5.56 Å². The molecule has 0 radical (unpaired) electrons. The molecule has 0 atom stereocenters. The van der Waals surface area contributed by atoms with E-state index in [1.165, 1.54) is 6.26 Å². The first-order valence-electron chi connectivity index (χ1n) is 8.15. The summed E-state index contributed by atoms with van der Waals surface area (Å²) in [5.74, 6) is 0.186. The molecule has 7 nitrogen and oxygen atoms in total. The predicted molar refractivity (Wildman–Crippen MR) is 99.7 cm³/mol. The summed E-state index contributed by atoms with van der Waals surface area (Å²) < 4.78 is 10.5. The van der Waals surface area contributed by atoms with Gasteiger partial charge in [0.25, 0.3) is 11.8 Å². The fourth-order valence-electron chi connectivity index (χ4n) is 2.74. The molecule has 0 bridgehead atoms. The van der Waals surface area contributed by atoms with Crippen LogP contribution in [0.25, 0.3) is 0 Å². The second kappa shape index (κ2) is 8.84. The van der Waals surface area contributed by atoms with Crippen molar-refractivity contribution in [1.29, 1.82) is 0 Å². The molecule has 1 aromatic heterocycles. The third-order valence-electron chi connectivity index (χ3n) is 4.23. The Hall–Kier alpha value is -2.35. The van der Waals surface area contributed by atoms with E-state index in [0.29, 0.717) is 48.9 Å². The van der Waals surface area contributed by atoms with Crippen LogP contribution in [0.4, 0.5) is 5.69 Å². The van der Waals surface area contributed by atoms with Gasteiger partial charge >= 0.3 is 0 Å². The van der Waals surface area contributed by atoms with Crippen molar-refractivity contribution in [2.24, 2.45) is 5.73 Å². The number of benzene rings is 1. The zero-order chi connectivity index (χ0) is 17.8. The number of morpholine rings is 1. The Balaban J connectivity index is 0.00000243. The number of hydrogen-bond acceptors (Lipinski definition) is 5. The van der Waals surface area contributed by atoms with E-state index >= 15 is 0 Å². The van der Waals surface area contributed by atoms with Gasteiger partial charge in [0.05, 0.1) is 25.3 Å². The smallest absolute Gasteiger partial charge is 0.258 e. The molecule has 0 unspecified atom stereocenters. The maximum Gasteiger partial charge on any atom is 0.258 e. The minimum absolute atomic E-state index is 0. The van der Waals surface area contributed by atoms with Crippen LogP contribution in [0, 0.1) is 6.92 Å². The van der Waals surface area contributed by atoms with Gasteiger partial charge in [-0.3, -0.25) is 9.59 Å². The van der Waals surface area contributed by atoms with Gasteiger partial charge in [-0.2, -0.15) is 0 Å². The quantitative estimate of drug-likeness (QED) is 0.848. The molecule has 1 fully saturated rings. The Bertz CT molecular complexity index is 784. The number of amides is 2. The summed E-state index contributed by atoms with van der Waals surface area (Å²) >= 11 is 0. The summed E-state index contributed by atoms with van der Waals surface area (Å²) in [5, 5.41) is 2.83. The summed E-state index contributed by atoms with van der Waals surface area (Å²) in [4.78, 5) is 26.8. The number of carbonyl (C=O) groups is 2. The molecular weight excluding hydrogens is 358 g/mol. The van der Waals surface area contributed by atoms with E-state index in [4.69, 9.17) is 14.9 Å². The molecule has 1 saturated heterocycles. The average molecular weight is 380 g/mol. The second-order valence-corrected chi connectivity index (χ2v) is 5.84. The van der Waals surface area contributed by atoms with Crippen molar-refractivity contribution in [3.8, 4) is 0 Å². The summed E-state index contributed by atoms with van der Waals surface area (Å²) in [6.07, 6.45) is 1.37. The number of nitrogens with one attached hydrogen (secondary N) is 1. The molecular formula is C18H22ClN3O4. The van der Waals surface area contributed by atoms with E-state index in [9.17, 15) is 9.59 Å². The number of furan rings is 1. The molecule has 1 aliphatic heterocycles. The van der Waals surface area contributed by atoms with Gasteiger partial charge in [-0.15, -0.1) is 12.4 Å². The molecule has 3 N–H and O–H groups in total. The lowest BCUT2D eigenvalue weighted by Gasteiger charge is -2.27. The van der Waals surface area contributed by atoms with Crippen molar-refractivity contribution in [2.45, 2.75) is 13.5 Å². The van der Waals surface area contributed by atoms with Crippen LogP contribution in [0.15, 0.2) is 34.9 Å². The van der Waals surface area contributed by atoms with Crippen molar-refractivity contribution in [3.63, 3.8) is 0 Å². The highest BCUT2D eigenvalue weighted by Crippen LogP contribution is 2.22. The third kappa shape index (κ3) is 4.24. The zero-order valence-corrected chi connectivity index (χ0v) is 15.3. The maximum atomic E-state index is 12.7. The number of hydrogen-bond donors (Lipinski definition) is 2. The number of carbonyl (C=O) groups excluding carboxylic acids is 2. The lowest BCUT2D eigenvalue weighted by atomic mass is 10.0. The van der Waals surface area contributed by atoms with E-state index in [1.54, 1.807) is 29.2 Å². The van der Waals surface area contributed by atoms with Crippen LogP contribution in [0.5, 0.6) is 0 Å². The van der Waals surface area contributed by atoms with E-state index in [2.05, 4.69) is 5.32 Å². The third-order valence-corrected chi connectivity index (χ3v) is 4.23. The Labute approximate surface area is 157 Å². The van der Waals surface area contributed by atoms with Crippen molar-refractivity contribution >= 4 is 29.9 Å². The fraction of sp³-hybridized carbons (Fsp3) is 0.333.